The average Bonchev–Trinajstić information content (AvgIpc) is 3.08. The Hall–Kier alpha value is -5.66. The van der Waals surface area contributed by atoms with E-state index >= 15 is 8.78 Å². The first kappa shape index (κ1) is 35.2. The Morgan fingerprint density at radius 2 is 1.67 bits per heavy atom. The van der Waals surface area contributed by atoms with Crippen LogP contribution in [0.2, 0.25) is 0 Å². The summed E-state index contributed by atoms with van der Waals surface area (Å²) >= 11 is 0. The lowest BCUT2D eigenvalue weighted by atomic mass is 9.94. The minimum atomic E-state index is -0.990. The van der Waals surface area contributed by atoms with E-state index in [4.69, 9.17) is 9.97 Å². The zero-order valence-electron chi connectivity index (χ0n) is 28.6. The molecule has 1 aromatic heterocycles. The molecule has 0 saturated carbocycles. The molecule has 0 unspecified atom stereocenters. The van der Waals surface area contributed by atoms with Crippen LogP contribution in [0.5, 0.6) is 0 Å². The predicted molar refractivity (Wildman–Crippen MR) is 187 cm³/mol. The first-order chi connectivity index (χ1) is 24.2. The number of carbonyl (C=O) groups is 3. The number of hydrogen-bond donors (Lipinski definition) is 3. The number of nitrogens with one attached hydrogen (secondary N) is 2. The fraction of sp³-hybridized carbons (Fsp3) is 0.324. The van der Waals surface area contributed by atoms with Crippen molar-refractivity contribution in [2.24, 2.45) is 5.92 Å². The van der Waals surface area contributed by atoms with Crippen molar-refractivity contribution >= 4 is 41.2 Å². The number of carboxylic acid groups (broad SMARTS) is 1. The zero-order valence-corrected chi connectivity index (χ0v) is 28.6. The molecule has 0 spiro atoms. The van der Waals surface area contributed by atoms with Gasteiger partial charge in [-0.3, -0.25) is 4.79 Å². The topological polar surface area (TPSA) is 131 Å². The third-order valence-electron chi connectivity index (χ3n) is 9.20. The Labute approximate surface area is 293 Å². The molecule has 3 N–H and O–H groups in total. The van der Waals surface area contributed by atoms with Crippen molar-refractivity contribution in [1.82, 2.24) is 20.2 Å². The normalized spacial score (nSPS) is 14.9. The van der Waals surface area contributed by atoms with Gasteiger partial charge in [-0.2, -0.15) is 4.98 Å². The summed E-state index contributed by atoms with van der Waals surface area (Å²) in [6.07, 6.45) is 0.259. The van der Waals surface area contributed by atoms with Gasteiger partial charge in [-0.25, -0.2) is 32.6 Å². The van der Waals surface area contributed by atoms with Crippen LogP contribution in [0.15, 0.2) is 60.7 Å². The second kappa shape index (κ2) is 13.9. The number of amides is 4. The summed E-state index contributed by atoms with van der Waals surface area (Å²) in [5.74, 6) is -2.54. The van der Waals surface area contributed by atoms with Crippen molar-refractivity contribution < 1.29 is 32.7 Å². The summed E-state index contributed by atoms with van der Waals surface area (Å²) in [5.41, 5.74) is 1.51. The smallest absolute Gasteiger partial charge is 0.407 e. The summed E-state index contributed by atoms with van der Waals surface area (Å²) in [5, 5.41) is 15.3. The minimum absolute atomic E-state index is 0.00442. The standard InChI is InChI=1S/C37H38F3N7O4/c1-21-8-9-23(33(48)42-25-12-10-24(38)11-13-25)18-26(21)30-27-19-41-35(49)47(31-28(39)6-5-7-29(31)40)32(27)44-34(43-30)45-16-14-22(15-17-45)20-46(36(50)51)37(2,3)4/h5-13,18,22H,14-17,19-20H2,1-4H3,(H,41,49)(H,42,48)(H,50,51). The second-order valence-corrected chi connectivity index (χ2v) is 13.7. The van der Waals surface area contributed by atoms with Gasteiger partial charge >= 0.3 is 12.1 Å². The molecule has 2 aliphatic heterocycles. The van der Waals surface area contributed by atoms with Crippen LogP contribution in [0.4, 0.5) is 45.9 Å². The highest BCUT2D eigenvalue weighted by Gasteiger charge is 2.36. The highest BCUT2D eigenvalue weighted by molar-refractivity contribution is 6.06. The molecule has 1 saturated heterocycles. The number of urea groups is 1. The second-order valence-electron chi connectivity index (χ2n) is 13.7. The van der Waals surface area contributed by atoms with Crippen LogP contribution in [0.3, 0.4) is 0 Å². The van der Waals surface area contributed by atoms with Crippen LogP contribution >= 0.6 is 0 Å². The molecule has 0 aliphatic carbocycles. The van der Waals surface area contributed by atoms with Gasteiger partial charge in [-0.05, 0) is 101 Å². The van der Waals surface area contributed by atoms with Gasteiger partial charge in [0.1, 0.15) is 23.1 Å². The third kappa shape index (κ3) is 7.30. The van der Waals surface area contributed by atoms with Gasteiger partial charge in [0.15, 0.2) is 5.82 Å². The van der Waals surface area contributed by atoms with Crippen molar-refractivity contribution in [2.45, 2.75) is 52.6 Å². The summed E-state index contributed by atoms with van der Waals surface area (Å²) in [6, 6.07) is 12.9. The van der Waals surface area contributed by atoms with Crippen LogP contribution < -0.4 is 20.4 Å². The third-order valence-corrected chi connectivity index (χ3v) is 9.20. The molecule has 2 aliphatic rings. The Morgan fingerprint density at radius 3 is 2.29 bits per heavy atom. The number of benzene rings is 3. The highest BCUT2D eigenvalue weighted by atomic mass is 19.1. The fourth-order valence-corrected chi connectivity index (χ4v) is 6.39. The van der Waals surface area contributed by atoms with Crippen molar-refractivity contribution in [2.75, 3.05) is 34.8 Å². The van der Waals surface area contributed by atoms with Gasteiger partial charge in [-0.15, -0.1) is 0 Å². The van der Waals surface area contributed by atoms with Gasteiger partial charge in [0.2, 0.25) is 5.95 Å². The predicted octanol–water partition coefficient (Wildman–Crippen LogP) is 7.48. The average molecular weight is 702 g/mol. The molecule has 0 radical (unpaired) electrons. The molecule has 4 aromatic rings. The number of aromatic nitrogens is 2. The number of fused-ring (bicyclic) bond motifs is 1. The van der Waals surface area contributed by atoms with E-state index in [1.165, 1.54) is 35.2 Å². The maximum atomic E-state index is 15.2. The molecule has 11 nitrogen and oxygen atoms in total. The molecular formula is C37H38F3N7O4. The SMILES string of the molecule is Cc1ccc(C(=O)Nc2ccc(F)cc2)cc1-c1nc(N2CCC(CN(C(=O)O)C(C)(C)C)CC2)nc2c1CNC(=O)N2c1c(F)cccc1F. The molecule has 3 heterocycles. The molecule has 1 fully saturated rings. The van der Waals surface area contributed by atoms with E-state index in [-0.39, 0.29) is 29.8 Å². The van der Waals surface area contributed by atoms with Crippen molar-refractivity contribution in [3.63, 3.8) is 0 Å². The largest absolute Gasteiger partial charge is 0.465 e. The zero-order chi connectivity index (χ0) is 36.6. The molecule has 3 aromatic carbocycles. The Kier molecular flexibility index (Phi) is 9.60. The van der Waals surface area contributed by atoms with Crippen LogP contribution in [0, 0.1) is 30.3 Å². The number of nitrogens with zero attached hydrogens (tertiary/aromatic N) is 5. The number of aryl methyl sites for hydroxylation is 1. The number of rotatable bonds is 7. The molecule has 14 heteroatoms. The number of anilines is 4. The van der Waals surface area contributed by atoms with Crippen LogP contribution in [0.1, 0.15) is 55.1 Å². The molecule has 6 rings (SSSR count). The molecule has 266 valence electrons. The van der Waals surface area contributed by atoms with Gasteiger partial charge in [0.25, 0.3) is 5.91 Å². The van der Waals surface area contributed by atoms with Gasteiger partial charge < -0.3 is 25.5 Å². The number of piperidine rings is 1. The summed E-state index contributed by atoms with van der Waals surface area (Å²) < 4.78 is 44.0. The van der Waals surface area contributed by atoms with E-state index in [9.17, 15) is 23.9 Å². The maximum absolute atomic E-state index is 15.2. The van der Waals surface area contributed by atoms with E-state index in [2.05, 4.69) is 10.6 Å². The van der Waals surface area contributed by atoms with Gasteiger partial charge in [-0.1, -0.05) is 12.1 Å². The van der Waals surface area contributed by atoms with Crippen molar-refractivity contribution in [3.8, 4) is 11.3 Å². The van der Waals surface area contributed by atoms with Crippen molar-refractivity contribution in [3.05, 3.63) is 94.8 Å². The van der Waals surface area contributed by atoms with Crippen molar-refractivity contribution in [1.29, 1.82) is 0 Å². The molecule has 51 heavy (non-hydrogen) atoms. The molecular weight excluding hydrogens is 663 g/mol. The number of hydrogen-bond acceptors (Lipinski definition) is 6. The number of halogens is 3. The Bertz CT molecular complexity index is 1970. The Balaban J connectivity index is 1.41. The maximum Gasteiger partial charge on any atom is 0.407 e. The molecule has 0 atom stereocenters. The number of carbonyl (C=O) groups excluding carboxylic acids is 2. The first-order valence-electron chi connectivity index (χ1n) is 16.6. The van der Waals surface area contributed by atoms with E-state index < -0.39 is 46.7 Å². The molecule has 0 bridgehead atoms. The van der Waals surface area contributed by atoms with E-state index in [0.717, 1.165) is 22.6 Å². The van der Waals surface area contributed by atoms with Gasteiger partial charge in [0.05, 0.1) is 12.2 Å². The summed E-state index contributed by atoms with van der Waals surface area (Å²) in [4.78, 5) is 52.6. The van der Waals surface area contributed by atoms with E-state index in [1.54, 1.807) is 18.2 Å². The quantitative estimate of drug-likeness (QED) is 0.182. The van der Waals surface area contributed by atoms with Crippen LogP contribution in [-0.2, 0) is 6.54 Å². The molecule has 4 amide bonds. The fourth-order valence-electron chi connectivity index (χ4n) is 6.39. The lowest BCUT2D eigenvalue weighted by molar-refractivity contribution is 0.0851. The summed E-state index contributed by atoms with van der Waals surface area (Å²) in [6.45, 7) is 8.60. The lowest BCUT2D eigenvalue weighted by Gasteiger charge is -2.39. The minimum Gasteiger partial charge on any atom is -0.465 e. The lowest BCUT2D eigenvalue weighted by Crippen LogP contribution is -2.49. The van der Waals surface area contributed by atoms with E-state index in [0.29, 0.717) is 55.0 Å². The highest BCUT2D eigenvalue weighted by Crippen LogP contribution is 2.40. The van der Waals surface area contributed by atoms with E-state index in [1.807, 2.05) is 32.6 Å². The van der Waals surface area contributed by atoms with Crippen LogP contribution in [0.25, 0.3) is 11.3 Å². The number of para-hydroxylation sites is 1. The summed E-state index contributed by atoms with van der Waals surface area (Å²) in [7, 11) is 0. The monoisotopic (exact) mass is 701 g/mol. The Morgan fingerprint density at radius 1 is 1.00 bits per heavy atom. The first-order valence-corrected chi connectivity index (χ1v) is 16.6. The van der Waals surface area contributed by atoms with Gasteiger partial charge in [0, 0.05) is 47.6 Å². The van der Waals surface area contributed by atoms with Crippen LogP contribution in [-0.4, -0.2) is 63.2 Å².